The van der Waals surface area contributed by atoms with Crippen molar-refractivity contribution in [1.82, 2.24) is 4.98 Å². The summed E-state index contributed by atoms with van der Waals surface area (Å²) in [5, 5.41) is 11.9. The van der Waals surface area contributed by atoms with Crippen LogP contribution in [-0.2, 0) is 13.0 Å². The van der Waals surface area contributed by atoms with Crippen molar-refractivity contribution in [3.63, 3.8) is 0 Å². The molecule has 0 saturated carbocycles. The Hall–Kier alpha value is -2.54. The van der Waals surface area contributed by atoms with Crippen molar-refractivity contribution >= 4 is 5.82 Å². The SMILES string of the molecule is CCCNc1cccc(COc2ccc(CC#N)cc2)n1. The molecule has 0 aliphatic heterocycles. The summed E-state index contributed by atoms with van der Waals surface area (Å²) in [4.78, 5) is 4.49. The zero-order chi connectivity index (χ0) is 14.9. The Bertz CT molecular complexity index is 602. The summed E-state index contributed by atoms with van der Waals surface area (Å²) >= 11 is 0. The minimum Gasteiger partial charge on any atom is -0.487 e. The molecule has 0 fully saturated rings. The van der Waals surface area contributed by atoms with E-state index in [4.69, 9.17) is 10.00 Å². The zero-order valence-electron chi connectivity index (χ0n) is 12.2. The molecule has 0 amide bonds. The number of ether oxygens (including phenoxy) is 1. The molecular formula is C17H19N3O. The normalized spacial score (nSPS) is 9.90. The van der Waals surface area contributed by atoms with Crippen molar-refractivity contribution in [2.75, 3.05) is 11.9 Å². The molecular weight excluding hydrogens is 262 g/mol. The van der Waals surface area contributed by atoms with E-state index in [2.05, 4.69) is 23.3 Å². The summed E-state index contributed by atoms with van der Waals surface area (Å²) in [6, 6.07) is 15.6. The number of hydrogen-bond acceptors (Lipinski definition) is 4. The van der Waals surface area contributed by atoms with Gasteiger partial charge >= 0.3 is 0 Å². The van der Waals surface area contributed by atoms with Crippen molar-refractivity contribution in [3.05, 3.63) is 53.7 Å². The van der Waals surface area contributed by atoms with Gasteiger partial charge in [0, 0.05) is 6.54 Å². The van der Waals surface area contributed by atoms with E-state index < -0.39 is 0 Å². The molecule has 1 aromatic heterocycles. The van der Waals surface area contributed by atoms with Crippen molar-refractivity contribution in [3.8, 4) is 11.8 Å². The molecule has 0 aliphatic carbocycles. The average Bonchev–Trinajstić information content (AvgIpc) is 2.53. The molecule has 1 heterocycles. The standard InChI is InChI=1S/C17H19N3O/c1-2-12-19-17-5-3-4-15(20-17)13-21-16-8-6-14(7-9-16)10-11-18/h3-9H,2,10,12-13H2,1H3,(H,19,20). The highest BCUT2D eigenvalue weighted by Gasteiger charge is 2.00. The number of nitrogens with zero attached hydrogens (tertiary/aromatic N) is 2. The number of nitrogens with one attached hydrogen (secondary N) is 1. The summed E-state index contributed by atoms with van der Waals surface area (Å²) in [5.41, 5.74) is 1.88. The average molecular weight is 281 g/mol. The number of nitriles is 1. The van der Waals surface area contributed by atoms with Crippen LogP contribution in [-0.4, -0.2) is 11.5 Å². The van der Waals surface area contributed by atoms with Gasteiger partial charge in [0.25, 0.3) is 0 Å². The van der Waals surface area contributed by atoms with Gasteiger partial charge in [-0.25, -0.2) is 4.98 Å². The molecule has 0 unspecified atom stereocenters. The molecule has 21 heavy (non-hydrogen) atoms. The Morgan fingerprint density at radius 1 is 1.19 bits per heavy atom. The number of aromatic nitrogens is 1. The molecule has 1 aromatic carbocycles. The highest BCUT2D eigenvalue weighted by Crippen LogP contribution is 2.14. The van der Waals surface area contributed by atoms with Gasteiger partial charge < -0.3 is 10.1 Å². The monoisotopic (exact) mass is 281 g/mol. The maximum Gasteiger partial charge on any atom is 0.130 e. The van der Waals surface area contributed by atoms with Crippen LogP contribution in [0.2, 0.25) is 0 Å². The molecule has 2 rings (SSSR count). The zero-order valence-corrected chi connectivity index (χ0v) is 12.2. The fraction of sp³-hybridized carbons (Fsp3) is 0.294. The van der Waals surface area contributed by atoms with Crippen LogP contribution in [0.25, 0.3) is 0 Å². The summed E-state index contributed by atoms with van der Waals surface area (Å²) < 4.78 is 5.71. The molecule has 0 aliphatic rings. The number of anilines is 1. The van der Waals surface area contributed by atoms with Crippen LogP contribution in [0.1, 0.15) is 24.6 Å². The van der Waals surface area contributed by atoms with Gasteiger partial charge in [0.1, 0.15) is 18.2 Å². The predicted molar refractivity (Wildman–Crippen MR) is 83.1 cm³/mol. The lowest BCUT2D eigenvalue weighted by molar-refractivity contribution is 0.301. The molecule has 2 aromatic rings. The van der Waals surface area contributed by atoms with E-state index in [-0.39, 0.29) is 0 Å². The Balaban J connectivity index is 1.91. The molecule has 4 heteroatoms. The van der Waals surface area contributed by atoms with E-state index in [1.807, 2.05) is 42.5 Å². The minimum atomic E-state index is 0.424. The smallest absolute Gasteiger partial charge is 0.130 e. The fourth-order valence-corrected chi connectivity index (χ4v) is 1.86. The lowest BCUT2D eigenvalue weighted by atomic mass is 10.2. The third-order valence-electron chi connectivity index (χ3n) is 2.96. The van der Waals surface area contributed by atoms with E-state index in [9.17, 15) is 0 Å². The van der Waals surface area contributed by atoms with Gasteiger partial charge in [-0.05, 0) is 36.2 Å². The van der Waals surface area contributed by atoms with Gasteiger partial charge in [0.2, 0.25) is 0 Å². The second kappa shape index (κ2) is 7.91. The number of pyridine rings is 1. The van der Waals surface area contributed by atoms with E-state index in [0.717, 1.165) is 35.8 Å². The quantitative estimate of drug-likeness (QED) is 0.843. The van der Waals surface area contributed by atoms with Gasteiger partial charge in [-0.15, -0.1) is 0 Å². The van der Waals surface area contributed by atoms with Crippen LogP contribution in [0, 0.1) is 11.3 Å². The molecule has 1 N–H and O–H groups in total. The highest BCUT2D eigenvalue weighted by atomic mass is 16.5. The largest absolute Gasteiger partial charge is 0.487 e. The van der Waals surface area contributed by atoms with Crippen LogP contribution >= 0.6 is 0 Å². The van der Waals surface area contributed by atoms with E-state index in [1.54, 1.807) is 0 Å². The van der Waals surface area contributed by atoms with E-state index in [1.165, 1.54) is 0 Å². The van der Waals surface area contributed by atoms with Gasteiger partial charge in [0.05, 0.1) is 18.2 Å². The summed E-state index contributed by atoms with van der Waals surface area (Å²) in [5.74, 6) is 1.66. The van der Waals surface area contributed by atoms with Crippen LogP contribution in [0.4, 0.5) is 5.82 Å². The maximum absolute atomic E-state index is 8.63. The maximum atomic E-state index is 8.63. The van der Waals surface area contributed by atoms with Crippen LogP contribution < -0.4 is 10.1 Å². The fourth-order valence-electron chi connectivity index (χ4n) is 1.86. The van der Waals surface area contributed by atoms with Gasteiger partial charge in [-0.1, -0.05) is 25.1 Å². The number of rotatable bonds is 7. The number of hydrogen-bond donors (Lipinski definition) is 1. The van der Waals surface area contributed by atoms with Crippen LogP contribution in [0.5, 0.6) is 5.75 Å². The summed E-state index contributed by atoms with van der Waals surface area (Å²) in [7, 11) is 0. The number of benzene rings is 1. The van der Waals surface area contributed by atoms with Gasteiger partial charge in [-0.3, -0.25) is 0 Å². The summed E-state index contributed by atoms with van der Waals surface area (Å²) in [6.45, 7) is 3.47. The molecule has 0 spiro atoms. The lowest BCUT2D eigenvalue weighted by Gasteiger charge is -2.08. The highest BCUT2D eigenvalue weighted by molar-refractivity contribution is 5.35. The third kappa shape index (κ3) is 4.81. The van der Waals surface area contributed by atoms with E-state index >= 15 is 0 Å². The molecule has 4 nitrogen and oxygen atoms in total. The Labute approximate surface area is 125 Å². The lowest BCUT2D eigenvalue weighted by Crippen LogP contribution is -2.04. The van der Waals surface area contributed by atoms with Crippen molar-refractivity contribution < 1.29 is 4.74 Å². The topological polar surface area (TPSA) is 57.9 Å². The second-order valence-electron chi connectivity index (χ2n) is 4.71. The van der Waals surface area contributed by atoms with E-state index in [0.29, 0.717) is 13.0 Å². The van der Waals surface area contributed by atoms with Gasteiger partial charge in [0.15, 0.2) is 0 Å². The van der Waals surface area contributed by atoms with Crippen LogP contribution in [0.3, 0.4) is 0 Å². The predicted octanol–water partition coefficient (Wildman–Crippen LogP) is 3.55. The first kappa shape index (κ1) is 14.9. The van der Waals surface area contributed by atoms with Crippen molar-refractivity contribution in [1.29, 1.82) is 5.26 Å². The minimum absolute atomic E-state index is 0.424. The van der Waals surface area contributed by atoms with Crippen molar-refractivity contribution in [2.24, 2.45) is 0 Å². The first-order valence-corrected chi connectivity index (χ1v) is 7.10. The van der Waals surface area contributed by atoms with Crippen LogP contribution in [0.15, 0.2) is 42.5 Å². The molecule has 0 bridgehead atoms. The first-order chi connectivity index (χ1) is 10.3. The summed E-state index contributed by atoms with van der Waals surface area (Å²) in [6.07, 6.45) is 1.49. The molecule has 0 radical (unpaired) electrons. The Morgan fingerprint density at radius 2 is 2.00 bits per heavy atom. The first-order valence-electron chi connectivity index (χ1n) is 7.10. The third-order valence-corrected chi connectivity index (χ3v) is 2.96. The molecule has 108 valence electrons. The van der Waals surface area contributed by atoms with Crippen molar-refractivity contribution in [2.45, 2.75) is 26.4 Å². The van der Waals surface area contributed by atoms with Gasteiger partial charge in [-0.2, -0.15) is 5.26 Å². The second-order valence-corrected chi connectivity index (χ2v) is 4.71. The molecule has 0 saturated heterocycles. The Kier molecular flexibility index (Phi) is 5.60. The molecule has 0 atom stereocenters. The Morgan fingerprint density at radius 3 is 2.71 bits per heavy atom.